The van der Waals surface area contributed by atoms with E-state index in [1.54, 1.807) is 13.0 Å². The predicted molar refractivity (Wildman–Crippen MR) is 86.2 cm³/mol. The molecule has 0 aliphatic heterocycles. The van der Waals surface area contributed by atoms with Crippen molar-refractivity contribution in [3.05, 3.63) is 35.1 Å². The molecule has 0 bridgehead atoms. The Kier molecular flexibility index (Phi) is 6.81. The highest BCUT2D eigenvalue weighted by Crippen LogP contribution is 2.20. The second-order valence-electron chi connectivity index (χ2n) is 6.56. The number of amides is 2. The Labute approximate surface area is 132 Å². The van der Waals surface area contributed by atoms with Crippen LogP contribution in [-0.4, -0.2) is 24.3 Å². The van der Waals surface area contributed by atoms with Gasteiger partial charge in [-0.15, -0.1) is 0 Å². The molecule has 0 heterocycles. The number of aliphatic hydroxyl groups excluding tert-OH is 1. The zero-order valence-corrected chi connectivity index (χ0v) is 13.9. The molecule has 0 radical (unpaired) electrons. The van der Waals surface area contributed by atoms with Crippen molar-refractivity contribution in [3.8, 4) is 0 Å². The summed E-state index contributed by atoms with van der Waals surface area (Å²) in [5.41, 5.74) is 1.21. The van der Waals surface area contributed by atoms with Gasteiger partial charge in [-0.1, -0.05) is 26.0 Å². The van der Waals surface area contributed by atoms with Crippen LogP contribution in [-0.2, 0) is 0 Å². The van der Waals surface area contributed by atoms with E-state index < -0.39 is 0 Å². The normalized spacial score (nSPS) is 12.8. The van der Waals surface area contributed by atoms with Gasteiger partial charge in [-0.25, -0.2) is 9.18 Å². The van der Waals surface area contributed by atoms with E-state index in [-0.39, 0.29) is 29.9 Å². The fourth-order valence-corrected chi connectivity index (χ4v) is 2.06. The summed E-state index contributed by atoms with van der Waals surface area (Å²) >= 11 is 0. The molecular weight excluding hydrogens is 283 g/mol. The van der Waals surface area contributed by atoms with Crippen molar-refractivity contribution in [2.45, 2.75) is 46.6 Å². The monoisotopic (exact) mass is 310 g/mol. The van der Waals surface area contributed by atoms with Crippen molar-refractivity contribution in [3.63, 3.8) is 0 Å². The highest BCUT2D eigenvalue weighted by atomic mass is 19.1. The van der Waals surface area contributed by atoms with Gasteiger partial charge >= 0.3 is 6.03 Å². The molecular formula is C17H27FN2O2. The molecule has 1 aromatic rings. The zero-order valence-electron chi connectivity index (χ0n) is 13.9. The van der Waals surface area contributed by atoms with Gasteiger partial charge in [0.2, 0.25) is 0 Å². The molecule has 0 aliphatic rings. The average Bonchev–Trinajstić information content (AvgIpc) is 2.46. The third kappa shape index (κ3) is 6.02. The van der Waals surface area contributed by atoms with Gasteiger partial charge in [0.05, 0.1) is 6.04 Å². The fourth-order valence-electron chi connectivity index (χ4n) is 2.06. The van der Waals surface area contributed by atoms with Gasteiger partial charge in [0.1, 0.15) is 5.82 Å². The number of halogens is 1. The van der Waals surface area contributed by atoms with Crippen LogP contribution >= 0.6 is 0 Å². The minimum atomic E-state index is -0.268. The second kappa shape index (κ2) is 8.13. The quantitative estimate of drug-likeness (QED) is 0.677. The van der Waals surface area contributed by atoms with E-state index in [9.17, 15) is 9.18 Å². The van der Waals surface area contributed by atoms with Gasteiger partial charge in [-0.05, 0) is 49.3 Å². The van der Waals surface area contributed by atoms with E-state index in [0.29, 0.717) is 12.1 Å². The Morgan fingerprint density at radius 3 is 2.68 bits per heavy atom. The molecule has 0 fully saturated rings. The van der Waals surface area contributed by atoms with Gasteiger partial charge < -0.3 is 15.7 Å². The smallest absolute Gasteiger partial charge is 0.315 e. The van der Waals surface area contributed by atoms with Crippen molar-refractivity contribution in [2.75, 3.05) is 13.2 Å². The van der Waals surface area contributed by atoms with Crippen LogP contribution in [0.2, 0.25) is 0 Å². The first kappa shape index (κ1) is 18.4. The molecule has 1 aromatic carbocycles. The summed E-state index contributed by atoms with van der Waals surface area (Å²) in [5, 5.41) is 14.7. The lowest BCUT2D eigenvalue weighted by Crippen LogP contribution is -2.37. The van der Waals surface area contributed by atoms with Crippen molar-refractivity contribution in [2.24, 2.45) is 5.41 Å². The molecule has 0 spiro atoms. The van der Waals surface area contributed by atoms with E-state index in [1.165, 1.54) is 6.07 Å². The topological polar surface area (TPSA) is 61.4 Å². The molecule has 1 rings (SSSR count). The second-order valence-corrected chi connectivity index (χ2v) is 6.56. The van der Waals surface area contributed by atoms with Gasteiger partial charge in [0, 0.05) is 13.2 Å². The summed E-state index contributed by atoms with van der Waals surface area (Å²) in [6.07, 6.45) is 1.64. The molecule has 1 atom stereocenters. The molecule has 0 aliphatic carbocycles. The summed E-state index contributed by atoms with van der Waals surface area (Å²) in [4.78, 5) is 11.8. The van der Waals surface area contributed by atoms with Crippen LogP contribution in [0.4, 0.5) is 9.18 Å². The minimum absolute atomic E-state index is 0.120. The Balaban J connectivity index is 2.36. The lowest BCUT2D eigenvalue weighted by atomic mass is 9.89. The molecule has 0 aromatic heterocycles. The average molecular weight is 310 g/mol. The first-order chi connectivity index (χ1) is 10.2. The molecule has 0 saturated heterocycles. The highest BCUT2D eigenvalue weighted by Gasteiger charge is 2.16. The lowest BCUT2D eigenvalue weighted by Gasteiger charge is -2.21. The lowest BCUT2D eigenvalue weighted by molar-refractivity contribution is 0.148. The Hall–Kier alpha value is -1.62. The number of rotatable bonds is 7. The summed E-state index contributed by atoms with van der Waals surface area (Å²) in [7, 11) is 0. The standard InChI is InChI=1S/C17H27FN2O2/c1-12-6-7-14(10-15(12)18)13(2)20-16(22)19-9-5-8-17(3,4)11-21/h6-7,10,13,21H,5,8-9,11H2,1-4H3,(H2,19,20,22). The number of carbonyl (C=O) groups excluding carboxylic acids is 1. The SMILES string of the molecule is Cc1ccc(C(C)NC(=O)NCCCC(C)(C)CO)cc1F. The Bertz CT molecular complexity index is 503. The molecule has 22 heavy (non-hydrogen) atoms. The van der Waals surface area contributed by atoms with Crippen molar-refractivity contribution < 1.29 is 14.3 Å². The van der Waals surface area contributed by atoms with Crippen molar-refractivity contribution in [1.82, 2.24) is 10.6 Å². The van der Waals surface area contributed by atoms with Crippen LogP contribution in [0.15, 0.2) is 18.2 Å². The molecule has 5 heteroatoms. The van der Waals surface area contributed by atoms with Crippen LogP contribution < -0.4 is 10.6 Å². The van der Waals surface area contributed by atoms with Crippen LogP contribution in [0.5, 0.6) is 0 Å². The van der Waals surface area contributed by atoms with Gasteiger partial charge in [0.15, 0.2) is 0 Å². The van der Waals surface area contributed by atoms with Crippen LogP contribution in [0.3, 0.4) is 0 Å². The Morgan fingerprint density at radius 1 is 1.41 bits per heavy atom. The molecule has 124 valence electrons. The number of aryl methyl sites for hydroxylation is 1. The van der Waals surface area contributed by atoms with E-state index in [4.69, 9.17) is 5.11 Å². The van der Waals surface area contributed by atoms with E-state index in [2.05, 4.69) is 10.6 Å². The molecule has 2 amide bonds. The van der Waals surface area contributed by atoms with E-state index in [0.717, 1.165) is 18.4 Å². The largest absolute Gasteiger partial charge is 0.396 e. The summed E-state index contributed by atoms with van der Waals surface area (Å²) < 4.78 is 13.5. The maximum Gasteiger partial charge on any atom is 0.315 e. The summed E-state index contributed by atoms with van der Waals surface area (Å²) in [6.45, 7) is 8.18. The number of nitrogens with one attached hydrogen (secondary N) is 2. The highest BCUT2D eigenvalue weighted by molar-refractivity contribution is 5.74. The maximum atomic E-state index is 13.5. The van der Waals surface area contributed by atoms with Gasteiger partial charge in [-0.2, -0.15) is 0 Å². The predicted octanol–water partition coefficient (Wildman–Crippen LogP) is 3.29. The number of carbonyl (C=O) groups is 1. The number of aliphatic hydroxyl groups is 1. The maximum absolute atomic E-state index is 13.5. The first-order valence-electron chi connectivity index (χ1n) is 7.66. The Morgan fingerprint density at radius 2 is 2.09 bits per heavy atom. The van der Waals surface area contributed by atoms with E-state index >= 15 is 0 Å². The fraction of sp³-hybridized carbons (Fsp3) is 0.588. The summed E-state index contributed by atoms with van der Waals surface area (Å²) in [5.74, 6) is -0.266. The molecule has 4 nitrogen and oxygen atoms in total. The molecule has 1 unspecified atom stereocenters. The number of hydrogen-bond acceptors (Lipinski definition) is 2. The minimum Gasteiger partial charge on any atom is -0.396 e. The van der Waals surface area contributed by atoms with Crippen molar-refractivity contribution in [1.29, 1.82) is 0 Å². The van der Waals surface area contributed by atoms with Crippen molar-refractivity contribution >= 4 is 6.03 Å². The number of urea groups is 1. The van der Waals surface area contributed by atoms with Crippen LogP contribution in [0.1, 0.15) is 50.8 Å². The zero-order chi connectivity index (χ0) is 16.8. The number of benzene rings is 1. The molecule has 3 N–H and O–H groups in total. The number of hydrogen-bond donors (Lipinski definition) is 3. The molecule has 0 saturated carbocycles. The van der Waals surface area contributed by atoms with Crippen LogP contribution in [0, 0.1) is 18.2 Å². The summed E-state index contributed by atoms with van der Waals surface area (Å²) in [6, 6.07) is 4.44. The van der Waals surface area contributed by atoms with Gasteiger partial charge in [0.25, 0.3) is 0 Å². The third-order valence-electron chi connectivity index (χ3n) is 3.79. The van der Waals surface area contributed by atoms with E-state index in [1.807, 2.05) is 26.8 Å². The van der Waals surface area contributed by atoms with Crippen LogP contribution in [0.25, 0.3) is 0 Å². The first-order valence-corrected chi connectivity index (χ1v) is 7.66. The van der Waals surface area contributed by atoms with Gasteiger partial charge in [-0.3, -0.25) is 0 Å². The third-order valence-corrected chi connectivity index (χ3v) is 3.79.